The van der Waals surface area contributed by atoms with Crippen molar-refractivity contribution in [2.24, 2.45) is 17.3 Å². The van der Waals surface area contributed by atoms with Gasteiger partial charge in [0.15, 0.2) is 0 Å². The zero-order chi connectivity index (χ0) is 26.2. The van der Waals surface area contributed by atoms with Gasteiger partial charge in [-0.25, -0.2) is 0 Å². The number of amides is 3. The molecule has 0 saturated carbocycles. The maximum atomic E-state index is 13.9. The standard InChI is InChI=1S/C27H47N3O5/c1-8-14-28-21(32)18-19-23(34)30(15-10-9-11-16-31)20(27(19)13-12-26(18,7)35-27)22(33)29-25(5,6)17-24(2,3)4/h18-20,31H,8-17H2,1-7H3,(H,28,32)(H,29,33)/t18-,19+,20?,26+,27?/m1/s1. The number of rotatable bonds is 11. The summed E-state index contributed by atoms with van der Waals surface area (Å²) in [6.45, 7) is 15.5. The molecule has 3 N–H and O–H groups in total. The molecule has 0 aromatic carbocycles. The lowest BCUT2D eigenvalue weighted by Crippen LogP contribution is -2.59. The van der Waals surface area contributed by atoms with Crippen LogP contribution < -0.4 is 10.6 Å². The molecule has 2 unspecified atom stereocenters. The minimum absolute atomic E-state index is 0.0192. The fraction of sp³-hybridized carbons (Fsp3) is 0.889. The number of nitrogens with zero attached hydrogens (tertiary/aromatic N) is 1. The Balaban J connectivity index is 1.94. The first-order valence-electron chi connectivity index (χ1n) is 13.4. The Morgan fingerprint density at radius 2 is 1.80 bits per heavy atom. The van der Waals surface area contributed by atoms with E-state index in [9.17, 15) is 19.5 Å². The predicted molar refractivity (Wildman–Crippen MR) is 134 cm³/mol. The maximum absolute atomic E-state index is 13.9. The van der Waals surface area contributed by atoms with Gasteiger partial charge in [-0.3, -0.25) is 14.4 Å². The van der Waals surface area contributed by atoms with E-state index in [1.165, 1.54) is 0 Å². The van der Waals surface area contributed by atoms with Crippen LogP contribution in [0, 0.1) is 17.3 Å². The van der Waals surface area contributed by atoms with Gasteiger partial charge in [-0.05, 0) is 71.1 Å². The van der Waals surface area contributed by atoms with Gasteiger partial charge < -0.3 is 25.4 Å². The van der Waals surface area contributed by atoms with Crippen LogP contribution in [0.1, 0.15) is 93.4 Å². The first-order valence-corrected chi connectivity index (χ1v) is 13.4. The Morgan fingerprint density at radius 1 is 1.11 bits per heavy atom. The molecule has 5 atom stereocenters. The molecule has 3 heterocycles. The average Bonchev–Trinajstić information content (AvgIpc) is 3.28. The van der Waals surface area contributed by atoms with E-state index in [0.29, 0.717) is 38.8 Å². The molecule has 0 aromatic rings. The van der Waals surface area contributed by atoms with Crippen LogP contribution >= 0.6 is 0 Å². The summed E-state index contributed by atoms with van der Waals surface area (Å²) in [6.07, 6.45) is 4.93. The molecule has 3 fully saturated rings. The van der Waals surface area contributed by atoms with Crippen molar-refractivity contribution < 1.29 is 24.2 Å². The first kappa shape index (κ1) is 27.9. The van der Waals surface area contributed by atoms with E-state index in [1.54, 1.807) is 4.90 Å². The SMILES string of the molecule is CCCNC(=O)[C@H]1[C@H]2C(=O)N(CCCCCO)C(C(=O)NC(C)(C)CC(C)(C)C)C23CC[C@]1(C)O3. The largest absolute Gasteiger partial charge is 0.396 e. The van der Waals surface area contributed by atoms with Crippen molar-refractivity contribution in [3.63, 3.8) is 0 Å². The molecule has 8 nitrogen and oxygen atoms in total. The second-order valence-electron chi connectivity index (χ2n) is 12.9. The summed E-state index contributed by atoms with van der Waals surface area (Å²) in [5.74, 6) is -1.75. The molecule has 8 heteroatoms. The summed E-state index contributed by atoms with van der Waals surface area (Å²) in [6, 6.07) is -0.765. The van der Waals surface area contributed by atoms with E-state index in [-0.39, 0.29) is 29.7 Å². The molecule has 200 valence electrons. The lowest BCUT2D eigenvalue weighted by Gasteiger charge is -2.38. The third-order valence-corrected chi connectivity index (χ3v) is 7.85. The van der Waals surface area contributed by atoms with E-state index < -0.39 is 34.6 Å². The Kier molecular flexibility index (Phi) is 7.98. The Bertz CT molecular complexity index is 822. The highest BCUT2D eigenvalue weighted by molar-refractivity contribution is 5.99. The molecular formula is C27H47N3O5. The molecule has 3 saturated heterocycles. The van der Waals surface area contributed by atoms with Crippen molar-refractivity contribution in [3.8, 4) is 0 Å². The highest BCUT2D eigenvalue weighted by Crippen LogP contribution is 2.63. The number of fused-ring (bicyclic) bond motifs is 1. The number of unbranched alkanes of at least 4 members (excludes halogenated alkanes) is 2. The van der Waals surface area contributed by atoms with E-state index in [1.807, 2.05) is 27.7 Å². The molecule has 3 amide bonds. The zero-order valence-corrected chi connectivity index (χ0v) is 22.8. The van der Waals surface area contributed by atoms with Gasteiger partial charge in [0, 0.05) is 25.2 Å². The topological polar surface area (TPSA) is 108 Å². The third kappa shape index (κ3) is 5.38. The number of hydrogen-bond acceptors (Lipinski definition) is 5. The third-order valence-electron chi connectivity index (χ3n) is 7.85. The van der Waals surface area contributed by atoms with Crippen LogP contribution in [0.2, 0.25) is 0 Å². The minimum atomic E-state index is -0.987. The molecule has 2 bridgehead atoms. The van der Waals surface area contributed by atoms with Gasteiger partial charge in [0.1, 0.15) is 11.6 Å². The number of carbonyl (C=O) groups is 3. The molecular weight excluding hydrogens is 446 g/mol. The fourth-order valence-corrected chi connectivity index (χ4v) is 7.07. The Labute approximate surface area is 210 Å². The van der Waals surface area contributed by atoms with E-state index in [0.717, 1.165) is 19.3 Å². The van der Waals surface area contributed by atoms with Crippen molar-refractivity contribution in [1.29, 1.82) is 0 Å². The molecule has 3 aliphatic heterocycles. The van der Waals surface area contributed by atoms with Crippen LogP contribution in [0.25, 0.3) is 0 Å². The van der Waals surface area contributed by atoms with Gasteiger partial charge in [-0.15, -0.1) is 0 Å². The highest BCUT2D eigenvalue weighted by Gasteiger charge is 2.77. The van der Waals surface area contributed by atoms with Gasteiger partial charge in [-0.2, -0.15) is 0 Å². The summed E-state index contributed by atoms with van der Waals surface area (Å²) in [4.78, 5) is 42.8. The van der Waals surface area contributed by atoms with Crippen molar-refractivity contribution in [2.45, 2.75) is 116 Å². The number of nitrogens with one attached hydrogen (secondary N) is 2. The number of hydrogen-bond donors (Lipinski definition) is 3. The Morgan fingerprint density at radius 3 is 2.40 bits per heavy atom. The summed E-state index contributed by atoms with van der Waals surface area (Å²) in [7, 11) is 0. The number of aliphatic hydroxyl groups is 1. The van der Waals surface area contributed by atoms with E-state index in [4.69, 9.17) is 4.74 Å². The van der Waals surface area contributed by atoms with Crippen LogP contribution in [0.3, 0.4) is 0 Å². The van der Waals surface area contributed by atoms with E-state index >= 15 is 0 Å². The predicted octanol–water partition coefficient (Wildman–Crippen LogP) is 2.77. The van der Waals surface area contributed by atoms with Gasteiger partial charge in [0.25, 0.3) is 0 Å². The Hall–Kier alpha value is -1.67. The van der Waals surface area contributed by atoms with Crippen LogP contribution in [-0.2, 0) is 19.1 Å². The zero-order valence-electron chi connectivity index (χ0n) is 22.8. The number of carbonyl (C=O) groups excluding carboxylic acids is 3. The molecule has 0 aliphatic carbocycles. The molecule has 3 aliphatic rings. The lowest BCUT2D eigenvalue weighted by molar-refractivity contribution is -0.147. The molecule has 1 spiro atoms. The van der Waals surface area contributed by atoms with Gasteiger partial charge in [-0.1, -0.05) is 27.7 Å². The molecule has 35 heavy (non-hydrogen) atoms. The second kappa shape index (κ2) is 10.0. The van der Waals surface area contributed by atoms with E-state index in [2.05, 4.69) is 31.4 Å². The number of likely N-dealkylation sites (tertiary alicyclic amines) is 1. The lowest BCUT2D eigenvalue weighted by atomic mass is 9.66. The second-order valence-corrected chi connectivity index (χ2v) is 12.9. The van der Waals surface area contributed by atoms with Gasteiger partial charge >= 0.3 is 0 Å². The number of aliphatic hydroxyl groups excluding tert-OH is 1. The van der Waals surface area contributed by atoms with Crippen LogP contribution in [0.5, 0.6) is 0 Å². The van der Waals surface area contributed by atoms with Crippen molar-refractivity contribution in [1.82, 2.24) is 15.5 Å². The van der Waals surface area contributed by atoms with Gasteiger partial charge in [0.05, 0.1) is 17.4 Å². The summed E-state index contributed by atoms with van der Waals surface area (Å²) in [5, 5.41) is 15.4. The summed E-state index contributed by atoms with van der Waals surface area (Å²) in [5.41, 5.74) is -2.18. The first-order chi connectivity index (χ1) is 16.2. The maximum Gasteiger partial charge on any atom is 0.246 e. The number of ether oxygens (including phenoxy) is 1. The van der Waals surface area contributed by atoms with Crippen LogP contribution in [0.4, 0.5) is 0 Å². The quantitative estimate of drug-likeness (QED) is 0.384. The minimum Gasteiger partial charge on any atom is -0.396 e. The van der Waals surface area contributed by atoms with Crippen molar-refractivity contribution in [3.05, 3.63) is 0 Å². The average molecular weight is 494 g/mol. The summed E-state index contributed by atoms with van der Waals surface area (Å²) >= 11 is 0. The molecule has 0 aromatic heterocycles. The molecule has 3 rings (SSSR count). The van der Waals surface area contributed by atoms with Gasteiger partial charge in [0.2, 0.25) is 17.7 Å². The fourth-order valence-electron chi connectivity index (χ4n) is 7.07. The van der Waals surface area contributed by atoms with Crippen LogP contribution in [0.15, 0.2) is 0 Å². The normalized spacial score (nSPS) is 32.2. The highest BCUT2D eigenvalue weighted by atomic mass is 16.5. The van der Waals surface area contributed by atoms with Crippen molar-refractivity contribution >= 4 is 17.7 Å². The molecule has 0 radical (unpaired) electrons. The van der Waals surface area contributed by atoms with Crippen LogP contribution in [-0.4, -0.2) is 70.2 Å². The smallest absolute Gasteiger partial charge is 0.246 e. The van der Waals surface area contributed by atoms with Crippen molar-refractivity contribution in [2.75, 3.05) is 19.7 Å². The summed E-state index contributed by atoms with van der Waals surface area (Å²) < 4.78 is 6.64. The monoisotopic (exact) mass is 493 g/mol.